The lowest BCUT2D eigenvalue weighted by molar-refractivity contribution is -0.188. The highest BCUT2D eigenvalue weighted by Gasteiger charge is 2.41. The Bertz CT molecular complexity index is 158. The molecule has 0 aromatic heterocycles. The lowest BCUT2D eigenvalue weighted by Crippen LogP contribution is -2.23. The first-order valence-corrected chi connectivity index (χ1v) is 4.80. The van der Waals surface area contributed by atoms with E-state index >= 15 is 0 Å². The van der Waals surface area contributed by atoms with Gasteiger partial charge in [-0.1, -0.05) is 19.8 Å². The molecule has 0 aliphatic heterocycles. The topological polar surface area (TPSA) is 26.3 Å². The van der Waals surface area contributed by atoms with Crippen LogP contribution in [0.15, 0.2) is 0 Å². The average Bonchev–Trinajstić information content (AvgIpc) is 2.02. The van der Waals surface area contributed by atoms with Crippen LogP contribution in [0, 0.1) is 0 Å². The van der Waals surface area contributed by atoms with E-state index in [0.29, 0.717) is 17.8 Å². The van der Waals surface area contributed by atoms with Gasteiger partial charge in [-0.3, -0.25) is 0 Å². The fraction of sp³-hybridized carbons (Fsp3) is 0.857. The molecule has 0 amide bonds. The van der Waals surface area contributed by atoms with Gasteiger partial charge in [0.05, 0.1) is 12.0 Å². The number of halogens is 3. The fourth-order valence-corrected chi connectivity index (χ4v) is 1.16. The van der Waals surface area contributed by atoms with E-state index in [1.54, 1.807) is 0 Å². The molecule has 0 spiro atoms. The van der Waals surface area contributed by atoms with Gasteiger partial charge in [-0.05, 0) is 6.42 Å². The van der Waals surface area contributed by atoms with E-state index in [2.05, 4.69) is 4.18 Å². The minimum Gasteiger partial charge on any atom is -0.385 e. The maximum absolute atomic E-state index is 11.5. The van der Waals surface area contributed by atoms with Crippen molar-refractivity contribution in [3.05, 3.63) is 0 Å². The molecule has 0 saturated heterocycles. The Morgan fingerprint density at radius 1 is 1.38 bits per heavy atom. The van der Waals surface area contributed by atoms with Gasteiger partial charge in [-0.15, -0.1) is 0 Å². The molecule has 0 rings (SSSR count). The first kappa shape index (κ1) is 12.6. The molecule has 78 valence electrons. The maximum Gasteiger partial charge on any atom is 0.492 e. The van der Waals surface area contributed by atoms with Gasteiger partial charge >= 0.3 is 12.1 Å². The van der Waals surface area contributed by atoms with Gasteiger partial charge in [0.2, 0.25) is 0 Å². The Morgan fingerprint density at radius 2 is 2.00 bits per heavy atom. The first-order chi connectivity index (χ1) is 5.98. The van der Waals surface area contributed by atoms with Gasteiger partial charge in [0.1, 0.15) is 0 Å². The smallest absolute Gasteiger partial charge is 0.385 e. The molecule has 0 heterocycles. The Kier molecular flexibility index (Phi) is 5.94. The lowest BCUT2D eigenvalue weighted by atomic mass is 10.3. The summed E-state index contributed by atoms with van der Waals surface area (Å²) in [6.45, 7) is 1.98. The zero-order valence-corrected chi connectivity index (χ0v) is 8.00. The number of hydrogen-bond acceptors (Lipinski definition) is 3. The van der Waals surface area contributed by atoms with Gasteiger partial charge < -0.3 is 4.18 Å². The van der Waals surface area contributed by atoms with E-state index < -0.39 is 12.1 Å². The van der Waals surface area contributed by atoms with E-state index in [-0.39, 0.29) is 0 Å². The Hall–Kier alpha value is -0.390. The van der Waals surface area contributed by atoms with Gasteiger partial charge in [-0.25, -0.2) is 4.79 Å². The molecule has 0 radical (unpaired) electrons. The number of unbranched alkanes of at least 4 members (excludes halogenated alkanes) is 2. The van der Waals surface area contributed by atoms with Crippen LogP contribution >= 0.6 is 12.0 Å². The molecule has 6 heteroatoms. The molecule has 2 nitrogen and oxygen atoms in total. The van der Waals surface area contributed by atoms with Crippen molar-refractivity contribution in [2.45, 2.75) is 32.4 Å². The van der Waals surface area contributed by atoms with Crippen LogP contribution < -0.4 is 0 Å². The first-order valence-electron chi connectivity index (χ1n) is 3.89. The van der Waals surface area contributed by atoms with Crippen LogP contribution in [-0.2, 0) is 8.98 Å². The predicted octanol–water partition coefficient (Wildman–Crippen LogP) is 2.93. The molecule has 0 fully saturated rings. The Morgan fingerprint density at radius 3 is 2.46 bits per heavy atom. The monoisotopic (exact) mass is 216 g/mol. The zero-order chi connectivity index (χ0) is 10.3. The lowest BCUT2D eigenvalue weighted by Gasteiger charge is -2.04. The van der Waals surface area contributed by atoms with Crippen LogP contribution in [0.5, 0.6) is 0 Å². The third kappa shape index (κ3) is 6.74. The third-order valence-electron chi connectivity index (χ3n) is 1.20. The standard InChI is InChI=1S/C7H11F3O2S/c1-2-3-4-5-13-12-6(11)7(8,9)10/h2-5H2,1H3. The molecule has 13 heavy (non-hydrogen) atoms. The van der Waals surface area contributed by atoms with Crippen molar-refractivity contribution in [1.82, 2.24) is 0 Å². The van der Waals surface area contributed by atoms with Crippen LogP contribution in [0.3, 0.4) is 0 Å². The van der Waals surface area contributed by atoms with E-state index in [4.69, 9.17) is 0 Å². The third-order valence-corrected chi connectivity index (χ3v) is 1.92. The predicted molar refractivity (Wildman–Crippen MR) is 44.1 cm³/mol. The summed E-state index contributed by atoms with van der Waals surface area (Å²) >= 11 is 0.559. The average molecular weight is 216 g/mol. The number of carbonyl (C=O) groups excluding carboxylic acids is 1. The second kappa shape index (κ2) is 6.12. The highest BCUT2D eigenvalue weighted by molar-refractivity contribution is 7.95. The molecular weight excluding hydrogens is 205 g/mol. The summed E-state index contributed by atoms with van der Waals surface area (Å²) in [5, 5.41) is 0. The molecule has 0 saturated carbocycles. The van der Waals surface area contributed by atoms with E-state index in [1.807, 2.05) is 6.92 Å². The van der Waals surface area contributed by atoms with Gasteiger partial charge in [0, 0.05) is 5.75 Å². The molecule has 0 aromatic carbocycles. The molecule has 0 aliphatic carbocycles. The second-order valence-corrected chi connectivity index (χ2v) is 3.21. The van der Waals surface area contributed by atoms with Crippen LogP contribution in [0.1, 0.15) is 26.2 Å². The number of hydrogen-bond donors (Lipinski definition) is 0. The van der Waals surface area contributed by atoms with E-state index in [9.17, 15) is 18.0 Å². The minimum atomic E-state index is -4.88. The van der Waals surface area contributed by atoms with E-state index in [1.165, 1.54) is 0 Å². The Balaban J connectivity index is 3.38. The second-order valence-electron chi connectivity index (χ2n) is 2.40. The largest absolute Gasteiger partial charge is 0.492 e. The van der Waals surface area contributed by atoms with Crippen molar-refractivity contribution in [3.8, 4) is 0 Å². The van der Waals surface area contributed by atoms with Crippen molar-refractivity contribution >= 4 is 18.0 Å². The molecule has 0 bridgehead atoms. The van der Waals surface area contributed by atoms with Gasteiger partial charge in [0.25, 0.3) is 0 Å². The van der Waals surface area contributed by atoms with Gasteiger partial charge in [0.15, 0.2) is 0 Å². The molecular formula is C7H11F3O2S. The van der Waals surface area contributed by atoms with Crippen LogP contribution in [-0.4, -0.2) is 17.9 Å². The summed E-state index contributed by atoms with van der Waals surface area (Å²) in [6, 6.07) is 0. The van der Waals surface area contributed by atoms with Crippen molar-refractivity contribution in [3.63, 3.8) is 0 Å². The van der Waals surface area contributed by atoms with Gasteiger partial charge in [-0.2, -0.15) is 13.2 Å². The summed E-state index contributed by atoms with van der Waals surface area (Å²) < 4.78 is 38.5. The summed E-state index contributed by atoms with van der Waals surface area (Å²) in [5.74, 6) is -1.72. The number of rotatable bonds is 5. The SMILES string of the molecule is CCCCCSOC(=O)C(F)(F)F. The summed E-state index contributed by atoms with van der Waals surface area (Å²) in [4.78, 5) is 10.1. The quantitative estimate of drug-likeness (QED) is 0.522. The van der Waals surface area contributed by atoms with E-state index in [0.717, 1.165) is 19.3 Å². The van der Waals surface area contributed by atoms with Crippen molar-refractivity contribution in [2.75, 3.05) is 5.75 Å². The molecule has 0 aliphatic rings. The van der Waals surface area contributed by atoms with Crippen LogP contribution in [0.4, 0.5) is 13.2 Å². The van der Waals surface area contributed by atoms with Crippen LogP contribution in [0.25, 0.3) is 0 Å². The number of carbonyl (C=O) groups is 1. The molecule has 0 unspecified atom stereocenters. The van der Waals surface area contributed by atoms with Crippen molar-refractivity contribution in [2.24, 2.45) is 0 Å². The Labute approximate surface area is 79.0 Å². The summed E-state index contributed by atoms with van der Waals surface area (Å²) in [6.07, 6.45) is -2.21. The highest BCUT2D eigenvalue weighted by atomic mass is 32.2. The number of alkyl halides is 3. The van der Waals surface area contributed by atoms with Crippen LogP contribution in [0.2, 0.25) is 0 Å². The highest BCUT2D eigenvalue weighted by Crippen LogP contribution is 2.20. The van der Waals surface area contributed by atoms with Crippen molar-refractivity contribution < 1.29 is 22.1 Å². The zero-order valence-electron chi connectivity index (χ0n) is 7.19. The molecule has 0 atom stereocenters. The molecule has 0 aromatic rings. The molecule has 0 N–H and O–H groups in total. The summed E-state index contributed by atoms with van der Waals surface area (Å²) in [7, 11) is 0. The van der Waals surface area contributed by atoms with Crippen molar-refractivity contribution in [1.29, 1.82) is 0 Å². The maximum atomic E-state index is 11.5. The normalized spacial score (nSPS) is 11.4. The summed E-state index contributed by atoms with van der Waals surface area (Å²) in [5.41, 5.74) is 0. The fourth-order valence-electron chi connectivity index (χ4n) is 0.553. The minimum absolute atomic E-state index is 0.412.